The number of hydrogen-bond acceptors (Lipinski definition) is 5. The molecular weight excluding hydrogens is 340 g/mol. The van der Waals surface area contributed by atoms with Crippen LogP contribution in [0.25, 0.3) is 0 Å². The second-order valence-electron chi connectivity index (χ2n) is 4.93. The van der Waals surface area contributed by atoms with Crippen molar-refractivity contribution in [3.8, 4) is 0 Å². The molecule has 0 saturated carbocycles. The minimum atomic E-state index is -0.461. The van der Waals surface area contributed by atoms with E-state index in [4.69, 9.17) is 0 Å². The zero-order valence-corrected chi connectivity index (χ0v) is 13.3. The van der Waals surface area contributed by atoms with E-state index in [0.717, 1.165) is 31.9 Å². The number of carbonyl (C=O) groups is 1. The largest absolute Gasteiger partial charge is 0.367 e. The number of benzene rings is 1. The van der Waals surface area contributed by atoms with Gasteiger partial charge in [-0.3, -0.25) is 14.9 Å². The molecule has 0 bridgehead atoms. The van der Waals surface area contributed by atoms with Gasteiger partial charge in [-0.15, -0.1) is 0 Å². The smallest absolute Gasteiger partial charge is 0.271 e. The fourth-order valence-electron chi connectivity index (χ4n) is 2.24. The van der Waals surface area contributed by atoms with Crippen molar-refractivity contribution in [1.29, 1.82) is 0 Å². The van der Waals surface area contributed by atoms with Crippen LogP contribution in [0.4, 0.5) is 17.1 Å². The number of hydrogen-bond donors (Lipinski definition) is 1. The van der Waals surface area contributed by atoms with Crippen LogP contribution in [0.3, 0.4) is 0 Å². The van der Waals surface area contributed by atoms with Gasteiger partial charge in [0.25, 0.3) is 5.69 Å². The number of alkyl halides is 1. The molecule has 1 aromatic rings. The van der Waals surface area contributed by atoms with E-state index in [9.17, 15) is 14.9 Å². The lowest BCUT2D eigenvalue weighted by atomic mass is 10.2. The minimum Gasteiger partial charge on any atom is -0.367 e. The molecule has 1 aliphatic rings. The highest BCUT2D eigenvalue weighted by Crippen LogP contribution is 2.31. The van der Waals surface area contributed by atoms with E-state index in [1.165, 1.54) is 12.1 Å². The van der Waals surface area contributed by atoms with E-state index in [1.54, 1.807) is 6.07 Å². The van der Waals surface area contributed by atoms with Gasteiger partial charge in [0.05, 0.1) is 21.6 Å². The Morgan fingerprint density at radius 1 is 1.38 bits per heavy atom. The molecule has 0 radical (unpaired) electrons. The first-order valence-electron chi connectivity index (χ1n) is 6.59. The summed E-state index contributed by atoms with van der Waals surface area (Å²) in [7, 11) is 2.06. The molecular formula is C13H17BrN4O3. The van der Waals surface area contributed by atoms with Crippen molar-refractivity contribution < 1.29 is 9.72 Å². The Morgan fingerprint density at radius 2 is 2.05 bits per heavy atom. The molecule has 1 aromatic carbocycles. The van der Waals surface area contributed by atoms with Crippen molar-refractivity contribution in [3.05, 3.63) is 28.3 Å². The van der Waals surface area contributed by atoms with Gasteiger partial charge in [-0.1, -0.05) is 15.9 Å². The summed E-state index contributed by atoms with van der Waals surface area (Å²) in [6.07, 6.45) is 0. The summed E-state index contributed by atoms with van der Waals surface area (Å²) in [5.41, 5.74) is 1.28. The van der Waals surface area contributed by atoms with Crippen molar-refractivity contribution in [2.75, 3.05) is 48.8 Å². The van der Waals surface area contributed by atoms with E-state index >= 15 is 0 Å². The molecule has 1 fully saturated rings. The van der Waals surface area contributed by atoms with E-state index in [1.807, 2.05) is 0 Å². The standard InChI is InChI=1S/C13H17BrN4O3/c1-16-4-6-17(7-5-16)12-3-2-10(18(20)21)8-11(12)15-13(19)9-14/h2-3,8H,4-7,9H2,1H3,(H,15,19). The SMILES string of the molecule is CN1CCN(c2ccc([N+](=O)[O-])cc2NC(=O)CBr)CC1. The maximum atomic E-state index is 11.6. The van der Waals surface area contributed by atoms with Gasteiger partial charge < -0.3 is 15.1 Å². The normalized spacial score (nSPS) is 15.8. The van der Waals surface area contributed by atoms with Crippen molar-refractivity contribution in [3.63, 3.8) is 0 Å². The number of piperazine rings is 1. The third-order valence-corrected chi connectivity index (χ3v) is 3.94. The Morgan fingerprint density at radius 3 is 2.62 bits per heavy atom. The predicted octanol–water partition coefficient (Wildman–Crippen LogP) is 1.68. The molecule has 2 rings (SSSR count). The molecule has 21 heavy (non-hydrogen) atoms. The van der Waals surface area contributed by atoms with Crippen molar-refractivity contribution in [1.82, 2.24) is 4.90 Å². The number of likely N-dealkylation sites (N-methyl/N-ethyl adjacent to an activating group) is 1. The lowest BCUT2D eigenvalue weighted by Gasteiger charge is -2.35. The van der Waals surface area contributed by atoms with Crippen LogP contribution >= 0.6 is 15.9 Å². The molecule has 0 unspecified atom stereocenters. The van der Waals surface area contributed by atoms with Crippen LogP contribution in [-0.4, -0.2) is 54.3 Å². The van der Waals surface area contributed by atoms with Gasteiger partial charge in [-0.25, -0.2) is 0 Å². The van der Waals surface area contributed by atoms with Crippen LogP contribution in [0.15, 0.2) is 18.2 Å². The number of carbonyl (C=O) groups excluding carboxylic acids is 1. The topological polar surface area (TPSA) is 78.7 Å². The maximum absolute atomic E-state index is 11.6. The highest BCUT2D eigenvalue weighted by Gasteiger charge is 2.20. The Bertz CT molecular complexity index is 544. The molecule has 1 saturated heterocycles. The third kappa shape index (κ3) is 3.92. The first-order valence-corrected chi connectivity index (χ1v) is 7.71. The van der Waals surface area contributed by atoms with Gasteiger partial charge in [-0.05, 0) is 13.1 Å². The van der Waals surface area contributed by atoms with E-state index in [-0.39, 0.29) is 16.9 Å². The molecule has 1 aliphatic heterocycles. The lowest BCUT2D eigenvalue weighted by Crippen LogP contribution is -2.44. The number of amides is 1. The van der Waals surface area contributed by atoms with Gasteiger partial charge in [0.2, 0.25) is 5.91 Å². The first kappa shape index (κ1) is 15.7. The number of non-ortho nitro benzene ring substituents is 1. The van der Waals surface area contributed by atoms with E-state index in [2.05, 4.69) is 38.1 Å². The number of nitro groups is 1. The van der Waals surface area contributed by atoms with Crippen LogP contribution < -0.4 is 10.2 Å². The van der Waals surface area contributed by atoms with Gasteiger partial charge in [0.15, 0.2) is 0 Å². The fraction of sp³-hybridized carbons (Fsp3) is 0.462. The number of nitro benzene ring substituents is 1. The number of halogens is 1. The summed E-state index contributed by atoms with van der Waals surface area (Å²) in [6, 6.07) is 4.58. The van der Waals surface area contributed by atoms with E-state index < -0.39 is 4.92 Å². The molecule has 1 amide bonds. The number of nitrogens with one attached hydrogen (secondary N) is 1. The van der Waals surface area contributed by atoms with Crippen LogP contribution in [0, 0.1) is 10.1 Å². The quantitative estimate of drug-likeness (QED) is 0.504. The van der Waals surface area contributed by atoms with Crippen LogP contribution in [-0.2, 0) is 4.79 Å². The Balaban J connectivity index is 2.30. The Kier molecular flexibility index (Phi) is 5.13. The van der Waals surface area contributed by atoms with Gasteiger partial charge >= 0.3 is 0 Å². The highest BCUT2D eigenvalue weighted by molar-refractivity contribution is 9.09. The lowest BCUT2D eigenvalue weighted by molar-refractivity contribution is -0.384. The second kappa shape index (κ2) is 6.86. The molecule has 0 atom stereocenters. The van der Waals surface area contributed by atoms with E-state index in [0.29, 0.717) is 5.69 Å². The number of nitrogens with zero attached hydrogens (tertiary/aromatic N) is 3. The number of anilines is 2. The summed E-state index contributed by atoms with van der Waals surface area (Å²) >= 11 is 3.08. The summed E-state index contributed by atoms with van der Waals surface area (Å²) in [5.74, 6) is -0.231. The average molecular weight is 357 g/mol. The van der Waals surface area contributed by atoms with Crippen molar-refractivity contribution in [2.45, 2.75) is 0 Å². The molecule has 0 aliphatic carbocycles. The number of rotatable bonds is 4. The summed E-state index contributed by atoms with van der Waals surface area (Å²) in [6.45, 7) is 3.49. The Hall–Kier alpha value is -1.67. The average Bonchev–Trinajstić information content (AvgIpc) is 2.48. The van der Waals surface area contributed by atoms with Gasteiger partial charge in [0.1, 0.15) is 0 Å². The Labute approximate surface area is 131 Å². The summed E-state index contributed by atoms with van der Waals surface area (Å²) < 4.78 is 0. The van der Waals surface area contributed by atoms with Crippen LogP contribution in [0.2, 0.25) is 0 Å². The van der Waals surface area contributed by atoms with Crippen LogP contribution in [0.5, 0.6) is 0 Å². The molecule has 0 aromatic heterocycles. The molecule has 8 heteroatoms. The molecule has 0 spiro atoms. The minimum absolute atomic E-state index is 0.0299. The second-order valence-corrected chi connectivity index (χ2v) is 5.49. The first-order chi connectivity index (χ1) is 10.0. The molecule has 114 valence electrons. The summed E-state index contributed by atoms with van der Waals surface area (Å²) in [5, 5.41) is 13.8. The zero-order valence-electron chi connectivity index (χ0n) is 11.7. The molecule has 1 heterocycles. The van der Waals surface area contributed by atoms with Gasteiger partial charge in [0, 0.05) is 38.3 Å². The van der Waals surface area contributed by atoms with Crippen molar-refractivity contribution in [2.24, 2.45) is 0 Å². The monoisotopic (exact) mass is 356 g/mol. The zero-order chi connectivity index (χ0) is 15.4. The molecule has 7 nitrogen and oxygen atoms in total. The third-order valence-electron chi connectivity index (χ3n) is 3.43. The highest BCUT2D eigenvalue weighted by atomic mass is 79.9. The van der Waals surface area contributed by atoms with Crippen molar-refractivity contribution >= 4 is 38.9 Å². The summed E-state index contributed by atoms with van der Waals surface area (Å²) in [4.78, 5) is 26.4. The van der Waals surface area contributed by atoms with Gasteiger partial charge in [-0.2, -0.15) is 0 Å². The van der Waals surface area contributed by atoms with Crippen LogP contribution in [0.1, 0.15) is 0 Å². The molecule has 1 N–H and O–H groups in total. The fourth-order valence-corrected chi connectivity index (χ4v) is 2.38. The predicted molar refractivity (Wildman–Crippen MR) is 85.2 cm³/mol. The maximum Gasteiger partial charge on any atom is 0.271 e.